The summed E-state index contributed by atoms with van der Waals surface area (Å²) in [6.45, 7) is 7.36. The molecule has 2 rings (SSSR count). The summed E-state index contributed by atoms with van der Waals surface area (Å²) in [6.07, 6.45) is 3.52. The highest BCUT2D eigenvalue weighted by atomic mass is 16.5. The van der Waals surface area contributed by atoms with Gasteiger partial charge >= 0.3 is 0 Å². The molecule has 27 heavy (non-hydrogen) atoms. The van der Waals surface area contributed by atoms with Gasteiger partial charge in [-0.05, 0) is 43.6 Å². The number of methoxy groups -OCH3 is 1. The Morgan fingerprint density at radius 1 is 1.26 bits per heavy atom. The van der Waals surface area contributed by atoms with E-state index in [0.717, 1.165) is 43.7 Å². The van der Waals surface area contributed by atoms with Crippen LogP contribution in [0.4, 0.5) is 0 Å². The lowest BCUT2D eigenvalue weighted by Crippen LogP contribution is -2.43. The normalized spacial score (nSPS) is 16.1. The quantitative estimate of drug-likeness (QED) is 0.721. The van der Waals surface area contributed by atoms with Crippen molar-refractivity contribution in [2.24, 2.45) is 0 Å². The highest BCUT2D eigenvalue weighted by Crippen LogP contribution is 2.23. The van der Waals surface area contributed by atoms with Crippen molar-refractivity contribution in [2.45, 2.75) is 45.6 Å². The molecule has 2 amide bonds. The van der Waals surface area contributed by atoms with Crippen molar-refractivity contribution < 1.29 is 14.3 Å². The van der Waals surface area contributed by atoms with Crippen LogP contribution >= 0.6 is 0 Å². The van der Waals surface area contributed by atoms with Crippen molar-refractivity contribution in [2.75, 3.05) is 39.8 Å². The molecule has 6 heteroatoms. The van der Waals surface area contributed by atoms with Crippen LogP contribution in [0.15, 0.2) is 24.3 Å². The van der Waals surface area contributed by atoms with E-state index in [-0.39, 0.29) is 24.4 Å². The van der Waals surface area contributed by atoms with Crippen molar-refractivity contribution in [1.29, 1.82) is 0 Å². The van der Waals surface area contributed by atoms with Gasteiger partial charge < -0.3 is 15.0 Å². The molecule has 0 aromatic heterocycles. The molecule has 0 unspecified atom stereocenters. The van der Waals surface area contributed by atoms with Gasteiger partial charge in [-0.2, -0.15) is 0 Å². The van der Waals surface area contributed by atoms with Crippen LogP contribution in [0.2, 0.25) is 0 Å². The second kappa shape index (κ2) is 10.9. The van der Waals surface area contributed by atoms with Crippen LogP contribution in [0.1, 0.15) is 51.1 Å². The number of carbonyl (C=O) groups excluding carboxylic acids is 2. The molecule has 1 aromatic carbocycles. The number of ether oxygens (including phenoxy) is 1. The summed E-state index contributed by atoms with van der Waals surface area (Å²) < 4.78 is 5.35. The van der Waals surface area contributed by atoms with Gasteiger partial charge in [0.05, 0.1) is 19.7 Å². The van der Waals surface area contributed by atoms with E-state index in [2.05, 4.69) is 30.1 Å². The van der Waals surface area contributed by atoms with Crippen molar-refractivity contribution in [1.82, 2.24) is 15.1 Å². The molecule has 0 aliphatic carbocycles. The van der Waals surface area contributed by atoms with Gasteiger partial charge in [0.15, 0.2) is 0 Å². The fourth-order valence-electron chi connectivity index (χ4n) is 3.62. The Bertz CT molecular complexity index is 616. The number of likely N-dealkylation sites (tertiary alicyclic amines) is 1. The number of hydrogen-bond donors (Lipinski definition) is 1. The van der Waals surface area contributed by atoms with Crippen LogP contribution in [-0.4, -0.2) is 61.4 Å². The molecule has 1 atom stereocenters. The summed E-state index contributed by atoms with van der Waals surface area (Å²) in [5.41, 5.74) is 1.11. The minimum atomic E-state index is -0.0923. The molecule has 6 nitrogen and oxygen atoms in total. The minimum Gasteiger partial charge on any atom is -0.497 e. The van der Waals surface area contributed by atoms with Crippen LogP contribution in [0, 0.1) is 0 Å². The number of carbonyl (C=O) groups is 2. The maximum absolute atomic E-state index is 12.5. The Morgan fingerprint density at radius 2 is 2.04 bits per heavy atom. The largest absolute Gasteiger partial charge is 0.497 e. The van der Waals surface area contributed by atoms with E-state index in [1.54, 1.807) is 12.0 Å². The minimum absolute atomic E-state index is 0.0684. The average molecular weight is 376 g/mol. The van der Waals surface area contributed by atoms with Crippen molar-refractivity contribution in [3.63, 3.8) is 0 Å². The number of amides is 2. The van der Waals surface area contributed by atoms with E-state index < -0.39 is 0 Å². The first-order valence-corrected chi connectivity index (χ1v) is 10.0. The Labute approximate surface area is 162 Å². The Morgan fingerprint density at radius 3 is 2.74 bits per heavy atom. The zero-order chi connectivity index (χ0) is 19.6. The fourth-order valence-corrected chi connectivity index (χ4v) is 3.62. The molecule has 1 fully saturated rings. The lowest BCUT2D eigenvalue weighted by atomic mass is 10.0. The Hall–Kier alpha value is -2.08. The van der Waals surface area contributed by atoms with Crippen molar-refractivity contribution in [3.8, 4) is 5.75 Å². The first-order valence-electron chi connectivity index (χ1n) is 10.0. The highest BCUT2D eigenvalue weighted by molar-refractivity contribution is 5.84. The van der Waals surface area contributed by atoms with E-state index in [1.165, 1.54) is 0 Å². The summed E-state index contributed by atoms with van der Waals surface area (Å²) in [5.74, 6) is 0.812. The van der Waals surface area contributed by atoms with E-state index in [1.807, 2.05) is 18.2 Å². The number of nitrogens with one attached hydrogen (secondary N) is 1. The first-order chi connectivity index (χ1) is 13.1. The van der Waals surface area contributed by atoms with Gasteiger partial charge in [0, 0.05) is 19.5 Å². The monoisotopic (exact) mass is 375 g/mol. The van der Waals surface area contributed by atoms with Gasteiger partial charge in [0.25, 0.3) is 0 Å². The molecular formula is C21H33N3O3. The van der Waals surface area contributed by atoms with E-state index in [4.69, 9.17) is 4.74 Å². The van der Waals surface area contributed by atoms with Crippen LogP contribution < -0.4 is 10.1 Å². The number of hydrogen-bond acceptors (Lipinski definition) is 4. The summed E-state index contributed by atoms with van der Waals surface area (Å²) in [7, 11) is 1.66. The molecule has 1 saturated heterocycles. The third-order valence-electron chi connectivity index (χ3n) is 5.23. The average Bonchev–Trinajstić information content (AvgIpc) is 2.89. The second-order valence-corrected chi connectivity index (χ2v) is 6.94. The van der Waals surface area contributed by atoms with Gasteiger partial charge in [0.1, 0.15) is 5.75 Å². The van der Waals surface area contributed by atoms with Gasteiger partial charge in [-0.3, -0.25) is 14.5 Å². The van der Waals surface area contributed by atoms with Crippen LogP contribution in [0.3, 0.4) is 0 Å². The summed E-state index contributed by atoms with van der Waals surface area (Å²) >= 11 is 0. The van der Waals surface area contributed by atoms with E-state index in [9.17, 15) is 9.59 Å². The lowest BCUT2D eigenvalue weighted by molar-refractivity contribution is -0.135. The van der Waals surface area contributed by atoms with Crippen molar-refractivity contribution >= 4 is 11.8 Å². The standard InChI is InChI=1S/C21H33N3O3/c1-4-23(5-2)19(17-10-9-11-18(14-17)27-3)15-22-20(25)16-24-13-8-6-7-12-21(24)26/h9-11,14,19H,4-8,12-13,15-16H2,1-3H3,(H,22,25)/t19-/m0/s1. The zero-order valence-corrected chi connectivity index (χ0v) is 16.9. The Balaban J connectivity index is 2.02. The number of benzene rings is 1. The molecule has 1 aromatic rings. The molecule has 150 valence electrons. The second-order valence-electron chi connectivity index (χ2n) is 6.94. The molecule has 0 bridgehead atoms. The topological polar surface area (TPSA) is 61.9 Å². The predicted molar refractivity (Wildman–Crippen MR) is 107 cm³/mol. The third kappa shape index (κ3) is 6.24. The van der Waals surface area contributed by atoms with E-state index >= 15 is 0 Å². The molecule has 1 aliphatic rings. The highest BCUT2D eigenvalue weighted by Gasteiger charge is 2.22. The zero-order valence-electron chi connectivity index (χ0n) is 16.9. The van der Waals surface area contributed by atoms with Crippen LogP contribution in [-0.2, 0) is 9.59 Å². The molecule has 0 radical (unpaired) electrons. The first kappa shape index (κ1) is 21.2. The fraction of sp³-hybridized carbons (Fsp3) is 0.619. The lowest BCUT2D eigenvalue weighted by Gasteiger charge is -2.31. The van der Waals surface area contributed by atoms with Gasteiger partial charge in [0.2, 0.25) is 11.8 Å². The van der Waals surface area contributed by atoms with Gasteiger partial charge in [-0.25, -0.2) is 0 Å². The van der Waals surface area contributed by atoms with Gasteiger partial charge in [-0.1, -0.05) is 32.4 Å². The number of rotatable bonds is 9. The maximum atomic E-state index is 12.5. The molecule has 1 aliphatic heterocycles. The van der Waals surface area contributed by atoms with E-state index in [0.29, 0.717) is 19.5 Å². The SMILES string of the molecule is CCN(CC)[C@@H](CNC(=O)CN1CCCCCC1=O)c1cccc(OC)c1. The predicted octanol–water partition coefficient (Wildman–Crippen LogP) is 2.60. The third-order valence-corrected chi connectivity index (χ3v) is 5.23. The summed E-state index contributed by atoms with van der Waals surface area (Å²) in [6, 6.07) is 8.05. The summed E-state index contributed by atoms with van der Waals surface area (Å²) in [4.78, 5) is 28.6. The summed E-state index contributed by atoms with van der Waals surface area (Å²) in [5, 5.41) is 3.04. The van der Waals surface area contributed by atoms with Crippen LogP contribution in [0.5, 0.6) is 5.75 Å². The molecule has 1 N–H and O–H groups in total. The molecule has 0 saturated carbocycles. The smallest absolute Gasteiger partial charge is 0.239 e. The van der Waals surface area contributed by atoms with Crippen LogP contribution in [0.25, 0.3) is 0 Å². The number of likely N-dealkylation sites (N-methyl/N-ethyl adjacent to an activating group) is 1. The van der Waals surface area contributed by atoms with Crippen molar-refractivity contribution in [3.05, 3.63) is 29.8 Å². The molecule has 0 spiro atoms. The Kier molecular flexibility index (Phi) is 8.58. The maximum Gasteiger partial charge on any atom is 0.239 e. The molecular weight excluding hydrogens is 342 g/mol. The van der Waals surface area contributed by atoms with Gasteiger partial charge in [-0.15, -0.1) is 0 Å². The molecule has 1 heterocycles. The number of nitrogens with zero attached hydrogens (tertiary/aromatic N) is 2.